The van der Waals surface area contributed by atoms with E-state index in [1.54, 1.807) is 18.2 Å². The van der Waals surface area contributed by atoms with E-state index < -0.39 is 10.8 Å². The van der Waals surface area contributed by atoms with E-state index in [0.717, 1.165) is 21.3 Å². The molecule has 3 aromatic rings. The third-order valence-corrected chi connectivity index (χ3v) is 5.11. The average molecular weight is 391 g/mol. The second-order valence-corrected chi connectivity index (χ2v) is 7.24. The number of carbonyl (C=O) groups excluding carboxylic acids is 1. The molecule has 140 valence electrons. The van der Waals surface area contributed by atoms with Crippen LogP contribution in [0.4, 0.5) is 5.69 Å². The minimum atomic E-state index is -0.469. The molecule has 0 saturated carbocycles. The lowest BCUT2D eigenvalue weighted by Crippen LogP contribution is -2.16. The molecule has 28 heavy (non-hydrogen) atoms. The Morgan fingerprint density at radius 3 is 2.68 bits per heavy atom. The van der Waals surface area contributed by atoms with E-state index in [4.69, 9.17) is 6.42 Å². The van der Waals surface area contributed by atoms with Crippen molar-refractivity contribution in [2.24, 2.45) is 4.99 Å². The molecule has 0 atom stereocenters. The monoisotopic (exact) mass is 391 g/mol. The first kappa shape index (κ1) is 19.3. The fourth-order valence-corrected chi connectivity index (χ4v) is 4.13. The number of amides is 1. The molecule has 0 saturated heterocycles. The average Bonchev–Trinajstić information content (AvgIpc) is 2.97. The van der Waals surface area contributed by atoms with Crippen LogP contribution in [-0.2, 0) is 11.3 Å². The number of aryl methyl sites for hydroxylation is 2. The highest BCUT2D eigenvalue weighted by atomic mass is 32.1. The maximum absolute atomic E-state index is 12.3. The molecule has 1 heterocycles. The van der Waals surface area contributed by atoms with Gasteiger partial charge in [0.25, 0.3) is 11.6 Å². The summed E-state index contributed by atoms with van der Waals surface area (Å²) in [4.78, 5) is 27.3. The van der Waals surface area contributed by atoms with E-state index >= 15 is 0 Å². The number of thiazole rings is 1. The van der Waals surface area contributed by atoms with Crippen LogP contribution in [0, 0.1) is 36.3 Å². The van der Waals surface area contributed by atoms with Crippen molar-refractivity contribution >= 4 is 39.2 Å². The Bertz CT molecular complexity index is 1210. The number of aromatic nitrogens is 1. The van der Waals surface area contributed by atoms with Crippen LogP contribution in [0.25, 0.3) is 16.3 Å². The molecule has 0 aliphatic rings. The molecule has 0 radical (unpaired) electrons. The van der Waals surface area contributed by atoms with Gasteiger partial charge in [-0.25, -0.2) is 0 Å². The summed E-state index contributed by atoms with van der Waals surface area (Å²) in [5.41, 5.74) is 3.87. The number of rotatable bonds is 4. The molecule has 0 aliphatic carbocycles. The number of nitrogens with zero attached hydrogens (tertiary/aromatic N) is 3. The van der Waals surface area contributed by atoms with Crippen LogP contribution in [0.2, 0.25) is 0 Å². The summed E-state index contributed by atoms with van der Waals surface area (Å²) in [7, 11) is 0. The normalized spacial score (nSPS) is 11.8. The minimum Gasteiger partial charge on any atom is -0.304 e. The topological polar surface area (TPSA) is 77.5 Å². The molecule has 7 heteroatoms. The van der Waals surface area contributed by atoms with Gasteiger partial charge in [-0.1, -0.05) is 23.3 Å². The number of nitro groups is 1. The quantitative estimate of drug-likeness (QED) is 0.292. The van der Waals surface area contributed by atoms with Crippen LogP contribution in [0.5, 0.6) is 0 Å². The van der Waals surface area contributed by atoms with E-state index in [9.17, 15) is 14.9 Å². The first-order valence-corrected chi connectivity index (χ1v) is 9.26. The summed E-state index contributed by atoms with van der Waals surface area (Å²) < 4.78 is 2.89. The van der Waals surface area contributed by atoms with Crippen LogP contribution < -0.4 is 4.80 Å². The molecular weight excluding hydrogens is 374 g/mol. The smallest absolute Gasteiger partial charge is 0.272 e. The van der Waals surface area contributed by atoms with Crippen molar-refractivity contribution in [1.82, 2.24) is 4.57 Å². The fourth-order valence-electron chi connectivity index (χ4n) is 2.92. The lowest BCUT2D eigenvalue weighted by atomic mass is 10.1. The summed E-state index contributed by atoms with van der Waals surface area (Å²) in [5.74, 6) is 2.19. The Labute approximate surface area is 165 Å². The largest absolute Gasteiger partial charge is 0.304 e. The molecule has 1 aromatic heterocycles. The molecule has 0 aliphatic heterocycles. The highest BCUT2D eigenvalue weighted by Gasteiger charge is 2.10. The molecule has 2 aromatic carbocycles. The van der Waals surface area contributed by atoms with Gasteiger partial charge in [-0.15, -0.1) is 6.42 Å². The van der Waals surface area contributed by atoms with Crippen LogP contribution in [0.3, 0.4) is 0 Å². The molecule has 0 unspecified atom stereocenters. The Hall–Kier alpha value is -3.50. The standard InChI is InChI=1S/C21H17N3O3S/c1-4-11-23-20-15(3)12-14(2)13-18(20)28-21(23)22-19(25)10-7-16-5-8-17(9-6-16)24(26)27/h1,5-10,12-13H,11H2,2-3H3/b10-7-,22-21?. The van der Waals surface area contributed by atoms with E-state index in [1.807, 2.05) is 18.4 Å². The lowest BCUT2D eigenvalue weighted by molar-refractivity contribution is -0.384. The molecule has 0 fully saturated rings. The molecule has 0 N–H and O–H groups in total. The van der Waals surface area contributed by atoms with Crippen LogP contribution in [0.15, 0.2) is 47.5 Å². The van der Waals surface area contributed by atoms with Crippen LogP contribution in [-0.4, -0.2) is 15.4 Å². The molecule has 3 rings (SSSR count). The van der Waals surface area contributed by atoms with Gasteiger partial charge in [-0.2, -0.15) is 4.99 Å². The van der Waals surface area contributed by atoms with Crippen molar-refractivity contribution in [3.8, 4) is 12.3 Å². The summed E-state index contributed by atoms with van der Waals surface area (Å²) in [6.45, 7) is 4.35. The first-order valence-electron chi connectivity index (χ1n) is 8.44. The molecule has 6 nitrogen and oxygen atoms in total. The second-order valence-electron chi connectivity index (χ2n) is 6.24. The number of benzene rings is 2. The third kappa shape index (κ3) is 4.08. The number of fused-ring (bicyclic) bond motifs is 1. The highest BCUT2D eigenvalue weighted by Crippen LogP contribution is 2.23. The van der Waals surface area contributed by atoms with Crippen LogP contribution in [0.1, 0.15) is 16.7 Å². The number of non-ortho nitro benzene ring substituents is 1. The van der Waals surface area contributed by atoms with Crippen molar-refractivity contribution in [2.45, 2.75) is 20.4 Å². The SMILES string of the molecule is C#CCn1c(=NC(=O)/C=C\c2ccc([N+](=O)[O-])cc2)sc2cc(C)cc(C)c21. The fraction of sp³-hybridized carbons (Fsp3) is 0.143. The summed E-state index contributed by atoms with van der Waals surface area (Å²) in [6.07, 6.45) is 8.41. The van der Waals surface area contributed by atoms with Gasteiger partial charge in [0.15, 0.2) is 4.80 Å². The second kappa shape index (κ2) is 8.03. The zero-order chi connectivity index (χ0) is 20.3. The first-order chi connectivity index (χ1) is 13.4. The Morgan fingerprint density at radius 2 is 2.04 bits per heavy atom. The van der Waals surface area contributed by atoms with Gasteiger partial charge in [0.05, 0.1) is 21.7 Å². The Kier molecular flexibility index (Phi) is 5.52. The number of terminal acetylenes is 1. The zero-order valence-corrected chi connectivity index (χ0v) is 16.2. The molecule has 0 bridgehead atoms. The summed E-state index contributed by atoms with van der Waals surface area (Å²) >= 11 is 1.42. The third-order valence-electron chi connectivity index (χ3n) is 4.09. The zero-order valence-electron chi connectivity index (χ0n) is 15.4. The van der Waals surface area contributed by atoms with Crippen molar-refractivity contribution in [3.05, 3.63) is 74.1 Å². The van der Waals surface area contributed by atoms with Crippen molar-refractivity contribution < 1.29 is 9.72 Å². The predicted molar refractivity (Wildman–Crippen MR) is 111 cm³/mol. The number of hydrogen-bond donors (Lipinski definition) is 0. The van der Waals surface area contributed by atoms with E-state index in [2.05, 4.69) is 23.0 Å². The van der Waals surface area contributed by atoms with Gasteiger partial charge in [0.2, 0.25) is 0 Å². The summed E-state index contributed by atoms with van der Waals surface area (Å²) in [6, 6.07) is 10.1. The highest BCUT2D eigenvalue weighted by molar-refractivity contribution is 7.16. The number of nitro benzene ring substituents is 1. The van der Waals surface area contributed by atoms with Gasteiger partial charge in [-0.3, -0.25) is 14.9 Å². The van der Waals surface area contributed by atoms with Crippen molar-refractivity contribution in [2.75, 3.05) is 0 Å². The van der Waals surface area contributed by atoms with E-state index in [0.29, 0.717) is 16.9 Å². The van der Waals surface area contributed by atoms with Gasteiger partial charge >= 0.3 is 0 Å². The van der Waals surface area contributed by atoms with Gasteiger partial charge < -0.3 is 4.57 Å². The van der Waals surface area contributed by atoms with E-state index in [-0.39, 0.29) is 5.69 Å². The van der Waals surface area contributed by atoms with Crippen LogP contribution >= 0.6 is 11.3 Å². The molecule has 0 spiro atoms. The van der Waals surface area contributed by atoms with Crippen molar-refractivity contribution in [3.63, 3.8) is 0 Å². The summed E-state index contributed by atoms with van der Waals surface area (Å²) in [5, 5.41) is 10.7. The molecule has 1 amide bonds. The lowest BCUT2D eigenvalue weighted by Gasteiger charge is -2.04. The number of hydrogen-bond acceptors (Lipinski definition) is 4. The molecular formula is C21H17N3O3S. The van der Waals surface area contributed by atoms with Gasteiger partial charge in [-0.05, 0) is 54.8 Å². The van der Waals surface area contributed by atoms with Gasteiger partial charge in [0, 0.05) is 18.2 Å². The Morgan fingerprint density at radius 1 is 1.32 bits per heavy atom. The Balaban J connectivity index is 1.96. The maximum Gasteiger partial charge on any atom is 0.272 e. The minimum absolute atomic E-state index is 0.000528. The number of carbonyl (C=O) groups is 1. The van der Waals surface area contributed by atoms with Gasteiger partial charge in [0.1, 0.15) is 0 Å². The predicted octanol–water partition coefficient (Wildman–Crippen LogP) is 4.00. The maximum atomic E-state index is 12.3. The van der Waals surface area contributed by atoms with E-state index in [1.165, 1.54) is 29.5 Å². The van der Waals surface area contributed by atoms with Crippen molar-refractivity contribution in [1.29, 1.82) is 0 Å².